The number of nitrogens with two attached hydrogens (primary N) is 1. The Morgan fingerprint density at radius 3 is 2.67 bits per heavy atom. The van der Waals surface area contributed by atoms with E-state index in [1.54, 1.807) is 13.3 Å². The molecule has 2 unspecified atom stereocenters. The van der Waals surface area contributed by atoms with Gasteiger partial charge < -0.3 is 4.74 Å². The van der Waals surface area contributed by atoms with Crippen molar-refractivity contribution in [3.8, 4) is 0 Å². The highest BCUT2D eigenvalue weighted by Crippen LogP contribution is 2.30. The van der Waals surface area contributed by atoms with Gasteiger partial charge in [0.25, 0.3) is 0 Å². The van der Waals surface area contributed by atoms with E-state index in [0.717, 1.165) is 23.0 Å². The fourth-order valence-corrected chi connectivity index (χ4v) is 2.64. The number of nitrogens with one attached hydrogen (secondary N) is 1. The molecule has 5 nitrogen and oxygen atoms in total. The summed E-state index contributed by atoms with van der Waals surface area (Å²) in [5.41, 5.74) is 3.90. The van der Waals surface area contributed by atoms with Crippen LogP contribution in [-0.2, 0) is 4.74 Å². The van der Waals surface area contributed by atoms with E-state index in [2.05, 4.69) is 47.2 Å². The zero-order valence-electron chi connectivity index (χ0n) is 11.5. The lowest BCUT2D eigenvalue weighted by molar-refractivity contribution is 0.0572. The normalized spacial score (nSPS) is 15.1. The van der Waals surface area contributed by atoms with Crippen molar-refractivity contribution >= 4 is 15.9 Å². The minimum Gasteiger partial charge on any atom is -0.379 e. The van der Waals surface area contributed by atoms with Crippen molar-refractivity contribution in [2.45, 2.75) is 51.8 Å². The van der Waals surface area contributed by atoms with Crippen LogP contribution in [-0.4, -0.2) is 23.0 Å². The van der Waals surface area contributed by atoms with Crippen molar-refractivity contribution in [2.24, 2.45) is 5.84 Å². The lowest BCUT2D eigenvalue weighted by Gasteiger charge is -2.27. The predicted molar refractivity (Wildman–Crippen MR) is 76.1 cm³/mol. The number of hydrazine groups is 1. The Morgan fingerprint density at radius 2 is 2.22 bits per heavy atom. The number of hydrogen-bond acceptors (Lipinski definition) is 4. The van der Waals surface area contributed by atoms with Crippen molar-refractivity contribution in [3.63, 3.8) is 0 Å². The first-order valence-corrected chi connectivity index (χ1v) is 7.07. The van der Waals surface area contributed by atoms with Crippen LogP contribution in [0.1, 0.15) is 51.4 Å². The molecule has 0 aliphatic heterocycles. The maximum atomic E-state index is 5.72. The van der Waals surface area contributed by atoms with E-state index in [1.165, 1.54) is 0 Å². The predicted octanol–water partition coefficient (Wildman–Crippen LogP) is 2.55. The standard InChI is InChI=1S/C12H23BrN4O/c1-5-6-10(18-4)11(16-14)12-9(13)7-15-17(12)8(2)3/h7-8,10-11,16H,5-6,14H2,1-4H3. The van der Waals surface area contributed by atoms with Crippen LogP contribution >= 0.6 is 15.9 Å². The molecule has 3 N–H and O–H groups in total. The summed E-state index contributed by atoms with van der Waals surface area (Å²) >= 11 is 3.54. The van der Waals surface area contributed by atoms with Crippen LogP contribution in [0, 0.1) is 0 Å². The molecule has 0 spiro atoms. The third kappa shape index (κ3) is 3.32. The van der Waals surface area contributed by atoms with Gasteiger partial charge in [-0.25, -0.2) is 5.43 Å². The highest BCUT2D eigenvalue weighted by Gasteiger charge is 2.27. The summed E-state index contributed by atoms with van der Waals surface area (Å²) in [5.74, 6) is 5.72. The van der Waals surface area contributed by atoms with Crippen molar-refractivity contribution in [3.05, 3.63) is 16.4 Å². The summed E-state index contributed by atoms with van der Waals surface area (Å²) in [4.78, 5) is 0. The van der Waals surface area contributed by atoms with E-state index in [9.17, 15) is 0 Å². The van der Waals surface area contributed by atoms with Gasteiger partial charge in [0, 0.05) is 13.2 Å². The molecule has 0 saturated heterocycles. The van der Waals surface area contributed by atoms with E-state index >= 15 is 0 Å². The van der Waals surface area contributed by atoms with Gasteiger partial charge in [0.15, 0.2) is 0 Å². The number of hydrogen-bond donors (Lipinski definition) is 2. The fourth-order valence-electron chi connectivity index (χ4n) is 2.12. The van der Waals surface area contributed by atoms with Gasteiger partial charge in [-0.1, -0.05) is 13.3 Å². The second-order valence-electron chi connectivity index (χ2n) is 4.62. The topological polar surface area (TPSA) is 65.1 Å². The minimum atomic E-state index is -0.0748. The van der Waals surface area contributed by atoms with Crippen LogP contribution in [0.3, 0.4) is 0 Å². The lowest BCUT2D eigenvalue weighted by atomic mass is 10.0. The third-order valence-corrected chi connectivity index (χ3v) is 3.61. The van der Waals surface area contributed by atoms with Gasteiger partial charge in [-0.3, -0.25) is 10.5 Å². The second kappa shape index (κ2) is 7.23. The van der Waals surface area contributed by atoms with E-state index in [4.69, 9.17) is 10.6 Å². The molecule has 1 heterocycles. The van der Waals surface area contributed by atoms with E-state index in [1.807, 2.05) is 4.68 Å². The van der Waals surface area contributed by atoms with Crippen molar-refractivity contribution in [2.75, 3.05) is 7.11 Å². The molecular formula is C12H23BrN4O. The average Bonchev–Trinajstić information content (AvgIpc) is 2.71. The number of halogens is 1. The Morgan fingerprint density at radius 1 is 1.56 bits per heavy atom. The van der Waals surface area contributed by atoms with Gasteiger partial charge in [-0.15, -0.1) is 0 Å². The highest BCUT2D eigenvalue weighted by molar-refractivity contribution is 9.10. The molecule has 0 radical (unpaired) electrons. The van der Waals surface area contributed by atoms with Crippen LogP contribution in [0.4, 0.5) is 0 Å². The number of nitrogens with zero attached hydrogens (tertiary/aromatic N) is 2. The molecule has 1 aromatic rings. The first-order valence-electron chi connectivity index (χ1n) is 6.28. The van der Waals surface area contributed by atoms with Crippen LogP contribution < -0.4 is 11.3 Å². The molecule has 0 fully saturated rings. The lowest BCUT2D eigenvalue weighted by Crippen LogP contribution is -2.39. The number of ether oxygens (including phenoxy) is 1. The minimum absolute atomic E-state index is 0.0329. The maximum absolute atomic E-state index is 5.72. The van der Waals surface area contributed by atoms with E-state index in [-0.39, 0.29) is 18.2 Å². The summed E-state index contributed by atoms with van der Waals surface area (Å²) in [7, 11) is 1.72. The van der Waals surface area contributed by atoms with Gasteiger partial charge in [0.2, 0.25) is 0 Å². The smallest absolute Gasteiger partial charge is 0.0901 e. The van der Waals surface area contributed by atoms with Crippen molar-refractivity contribution in [1.82, 2.24) is 15.2 Å². The second-order valence-corrected chi connectivity index (χ2v) is 5.48. The molecule has 1 rings (SSSR count). The monoisotopic (exact) mass is 318 g/mol. The molecule has 1 aromatic heterocycles. The Bertz CT molecular complexity index is 367. The number of aromatic nitrogens is 2. The first kappa shape index (κ1) is 15.6. The molecule has 0 aliphatic carbocycles. The molecule has 104 valence electrons. The van der Waals surface area contributed by atoms with Gasteiger partial charge in [-0.05, 0) is 36.2 Å². The summed E-state index contributed by atoms with van der Waals surface area (Å²) in [6.07, 6.45) is 3.83. The first-order chi connectivity index (χ1) is 8.56. The maximum Gasteiger partial charge on any atom is 0.0901 e. The molecule has 0 saturated carbocycles. The number of rotatable bonds is 7. The van der Waals surface area contributed by atoms with Crippen LogP contribution in [0.5, 0.6) is 0 Å². The molecule has 0 aromatic carbocycles. The van der Waals surface area contributed by atoms with Gasteiger partial charge in [0.1, 0.15) is 0 Å². The molecule has 0 bridgehead atoms. The Hall–Kier alpha value is -0.430. The third-order valence-electron chi connectivity index (χ3n) is 3.00. The molecule has 2 atom stereocenters. The Labute approximate surface area is 117 Å². The van der Waals surface area contributed by atoms with Crippen molar-refractivity contribution < 1.29 is 4.74 Å². The van der Waals surface area contributed by atoms with Crippen LogP contribution in [0.25, 0.3) is 0 Å². The largest absolute Gasteiger partial charge is 0.379 e. The average molecular weight is 319 g/mol. The Balaban J connectivity index is 3.10. The van der Waals surface area contributed by atoms with E-state index < -0.39 is 0 Å². The summed E-state index contributed by atoms with van der Waals surface area (Å²) in [6, 6.07) is 0.204. The quantitative estimate of drug-likeness (QED) is 0.599. The SMILES string of the molecule is CCCC(OC)C(NN)c1c(Br)cnn1C(C)C. The van der Waals surface area contributed by atoms with Gasteiger partial charge in [-0.2, -0.15) is 5.10 Å². The molecule has 6 heteroatoms. The number of methoxy groups -OCH3 is 1. The van der Waals surface area contributed by atoms with Gasteiger partial charge in [0.05, 0.1) is 28.5 Å². The molecule has 18 heavy (non-hydrogen) atoms. The molecular weight excluding hydrogens is 296 g/mol. The Kier molecular flexibility index (Phi) is 6.28. The highest BCUT2D eigenvalue weighted by atomic mass is 79.9. The van der Waals surface area contributed by atoms with Gasteiger partial charge >= 0.3 is 0 Å². The molecule has 0 aliphatic rings. The van der Waals surface area contributed by atoms with Crippen LogP contribution in [0.15, 0.2) is 10.7 Å². The van der Waals surface area contributed by atoms with E-state index in [0.29, 0.717) is 0 Å². The summed E-state index contributed by atoms with van der Waals surface area (Å²) in [6.45, 7) is 6.32. The molecule has 0 amide bonds. The zero-order chi connectivity index (χ0) is 13.7. The van der Waals surface area contributed by atoms with Crippen LogP contribution in [0.2, 0.25) is 0 Å². The van der Waals surface area contributed by atoms with Crippen molar-refractivity contribution in [1.29, 1.82) is 0 Å². The fraction of sp³-hybridized carbons (Fsp3) is 0.750. The summed E-state index contributed by atoms with van der Waals surface area (Å²) < 4.78 is 8.48. The zero-order valence-corrected chi connectivity index (χ0v) is 13.1. The summed E-state index contributed by atoms with van der Waals surface area (Å²) in [5, 5.41) is 4.38.